The number of hydrogen-bond donors (Lipinski definition) is 1. The lowest BCUT2D eigenvalue weighted by atomic mass is 9.95. The third kappa shape index (κ3) is 2.19. The van der Waals surface area contributed by atoms with E-state index < -0.39 is 0 Å². The Hall–Kier alpha value is -1.49. The summed E-state index contributed by atoms with van der Waals surface area (Å²) in [7, 11) is 0. The van der Waals surface area contributed by atoms with Crippen LogP contribution in [0.1, 0.15) is 23.8 Å². The fourth-order valence-electron chi connectivity index (χ4n) is 1.92. The molecule has 1 aliphatic heterocycles. The monoisotopic (exact) mass is 220 g/mol. The first-order valence-corrected chi connectivity index (χ1v) is 5.49. The molecule has 1 aromatic heterocycles. The number of carbonyl (C=O) groups is 1. The van der Waals surface area contributed by atoms with Gasteiger partial charge in [-0.25, -0.2) is 4.98 Å². The number of aromatic nitrogens is 2. The van der Waals surface area contributed by atoms with Crippen LogP contribution in [0.4, 0.5) is 0 Å². The zero-order valence-electron chi connectivity index (χ0n) is 9.34. The zero-order chi connectivity index (χ0) is 11.5. The molecule has 86 valence electrons. The molecule has 0 saturated carbocycles. The van der Waals surface area contributed by atoms with E-state index in [1.807, 2.05) is 0 Å². The number of piperidine rings is 1. The van der Waals surface area contributed by atoms with Crippen LogP contribution in [-0.4, -0.2) is 39.9 Å². The van der Waals surface area contributed by atoms with E-state index in [-0.39, 0.29) is 11.9 Å². The molecule has 2 rings (SSSR count). The quantitative estimate of drug-likeness (QED) is 0.738. The Bertz CT molecular complexity index is 368. The van der Waals surface area contributed by atoms with E-state index >= 15 is 0 Å². The highest BCUT2D eigenvalue weighted by Gasteiger charge is 2.27. The van der Waals surface area contributed by atoms with Gasteiger partial charge in [-0.05, 0) is 12.3 Å². The largest absolute Gasteiger partial charge is 0.337 e. The maximum atomic E-state index is 12.0. The number of nitrogens with two attached hydrogens (primary N) is 1. The van der Waals surface area contributed by atoms with E-state index in [2.05, 4.69) is 16.9 Å². The molecule has 2 unspecified atom stereocenters. The fourth-order valence-corrected chi connectivity index (χ4v) is 1.92. The molecule has 0 aromatic carbocycles. The lowest BCUT2D eigenvalue weighted by molar-refractivity contribution is 0.0657. The molecule has 1 amide bonds. The lowest BCUT2D eigenvalue weighted by Crippen LogP contribution is -2.48. The Labute approximate surface area is 94.7 Å². The first kappa shape index (κ1) is 11.0. The van der Waals surface area contributed by atoms with E-state index in [0.29, 0.717) is 24.7 Å². The Balaban J connectivity index is 2.06. The SMILES string of the molecule is CC1CN(C(=O)c2cnccn2)CCC1N. The van der Waals surface area contributed by atoms with Gasteiger partial charge >= 0.3 is 0 Å². The average molecular weight is 220 g/mol. The van der Waals surface area contributed by atoms with Gasteiger partial charge in [-0.3, -0.25) is 9.78 Å². The molecule has 0 bridgehead atoms. The minimum absolute atomic E-state index is 0.0492. The number of rotatable bonds is 1. The van der Waals surface area contributed by atoms with Gasteiger partial charge in [0.25, 0.3) is 5.91 Å². The normalized spacial score (nSPS) is 25.5. The minimum atomic E-state index is -0.0492. The third-order valence-corrected chi connectivity index (χ3v) is 3.04. The molecule has 2 N–H and O–H groups in total. The summed E-state index contributed by atoms with van der Waals surface area (Å²) in [6, 6.07) is 0.200. The smallest absolute Gasteiger partial charge is 0.274 e. The second kappa shape index (κ2) is 4.57. The molecule has 1 aliphatic rings. The molecular weight excluding hydrogens is 204 g/mol. The van der Waals surface area contributed by atoms with Crippen LogP contribution >= 0.6 is 0 Å². The van der Waals surface area contributed by atoms with Crippen molar-refractivity contribution >= 4 is 5.91 Å². The molecule has 5 heteroatoms. The summed E-state index contributed by atoms with van der Waals surface area (Å²) in [6.07, 6.45) is 5.45. The van der Waals surface area contributed by atoms with Crippen molar-refractivity contribution < 1.29 is 4.79 Å². The number of amides is 1. The number of likely N-dealkylation sites (tertiary alicyclic amines) is 1. The number of hydrogen-bond acceptors (Lipinski definition) is 4. The van der Waals surface area contributed by atoms with Crippen molar-refractivity contribution in [1.82, 2.24) is 14.9 Å². The molecule has 0 spiro atoms. The fraction of sp³-hybridized carbons (Fsp3) is 0.545. The molecule has 0 aliphatic carbocycles. The molecule has 5 nitrogen and oxygen atoms in total. The van der Waals surface area contributed by atoms with Crippen molar-refractivity contribution in [3.05, 3.63) is 24.3 Å². The topological polar surface area (TPSA) is 72.1 Å². The molecule has 16 heavy (non-hydrogen) atoms. The molecule has 1 fully saturated rings. The lowest BCUT2D eigenvalue weighted by Gasteiger charge is -2.34. The average Bonchev–Trinajstić information content (AvgIpc) is 2.33. The summed E-state index contributed by atoms with van der Waals surface area (Å²) in [4.78, 5) is 21.8. The van der Waals surface area contributed by atoms with Crippen LogP contribution in [0.25, 0.3) is 0 Å². The number of carbonyl (C=O) groups excluding carboxylic acids is 1. The molecule has 1 aromatic rings. The molecule has 2 heterocycles. The van der Waals surface area contributed by atoms with Crippen molar-refractivity contribution in [2.45, 2.75) is 19.4 Å². The Morgan fingerprint density at radius 2 is 2.38 bits per heavy atom. The van der Waals surface area contributed by atoms with Crippen LogP contribution < -0.4 is 5.73 Å². The van der Waals surface area contributed by atoms with Crippen molar-refractivity contribution in [2.75, 3.05) is 13.1 Å². The van der Waals surface area contributed by atoms with Gasteiger partial charge in [0.1, 0.15) is 5.69 Å². The van der Waals surface area contributed by atoms with E-state index in [4.69, 9.17) is 5.73 Å². The standard InChI is InChI=1S/C11H16N4O/c1-8-7-15(5-2-9(8)12)11(16)10-6-13-3-4-14-10/h3-4,6,8-9H,2,5,7,12H2,1H3. The maximum absolute atomic E-state index is 12.0. The second-order valence-electron chi connectivity index (χ2n) is 4.27. The molecule has 0 radical (unpaired) electrons. The van der Waals surface area contributed by atoms with Gasteiger partial charge in [0, 0.05) is 31.5 Å². The highest BCUT2D eigenvalue weighted by molar-refractivity contribution is 5.92. The minimum Gasteiger partial charge on any atom is -0.337 e. The van der Waals surface area contributed by atoms with Gasteiger partial charge in [-0.2, -0.15) is 0 Å². The van der Waals surface area contributed by atoms with Crippen LogP contribution in [-0.2, 0) is 0 Å². The van der Waals surface area contributed by atoms with Crippen molar-refractivity contribution in [2.24, 2.45) is 11.7 Å². The van der Waals surface area contributed by atoms with Gasteiger partial charge in [-0.15, -0.1) is 0 Å². The summed E-state index contributed by atoms with van der Waals surface area (Å²) in [5.41, 5.74) is 6.32. The summed E-state index contributed by atoms with van der Waals surface area (Å²) >= 11 is 0. The molecular formula is C11H16N4O. The van der Waals surface area contributed by atoms with Gasteiger partial charge in [0.05, 0.1) is 6.20 Å². The Kier molecular flexibility index (Phi) is 3.14. The van der Waals surface area contributed by atoms with Gasteiger partial charge in [0.2, 0.25) is 0 Å². The molecule has 2 atom stereocenters. The van der Waals surface area contributed by atoms with E-state index in [1.165, 1.54) is 12.4 Å². The van der Waals surface area contributed by atoms with Crippen LogP contribution in [0.15, 0.2) is 18.6 Å². The Morgan fingerprint density at radius 1 is 1.56 bits per heavy atom. The Morgan fingerprint density at radius 3 is 3.00 bits per heavy atom. The first-order valence-electron chi connectivity index (χ1n) is 5.49. The predicted molar refractivity (Wildman–Crippen MR) is 59.7 cm³/mol. The third-order valence-electron chi connectivity index (χ3n) is 3.04. The van der Waals surface area contributed by atoms with Crippen molar-refractivity contribution in [3.63, 3.8) is 0 Å². The second-order valence-corrected chi connectivity index (χ2v) is 4.27. The predicted octanol–water partition coefficient (Wildman–Crippen LogP) is 0.286. The first-order chi connectivity index (χ1) is 7.68. The van der Waals surface area contributed by atoms with Gasteiger partial charge in [-0.1, -0.05) is 6.92 Å². The van der Waals surface area contributed by atoms with E-state index in [0.717, 1.165) is 6.42 Å². The van der Waals surface area contributed by atoms with Gasteiger partial charge in [0.15, 0.2) is 0 Å². The summed E-state index contributed by atoms with van der Waals surface area (Å²) in [5.74, 6) is 0.293. The van der Waals surface area contributed by atoms with Crippen LogP contribution in [0, 0.1) is 5.92 Å². The molecule has 1 saturated heterocycles. The summed E-state index contributed by atoms with van der Waals surface area (Å²) < 4.78 is 0. The van der Waals surface area contributed by atoms with E-state index in [9.17, 15) is 4.79 Å². The van der Waals surface area contributed by atoms with Crippen LogP contribution in [0.2, 0.25) is 0 Å². The van der Waals surface area contributed by atoms with Crippen LogP contribution in [0.3, 0.4) is 0 Å². The number of nitrogens with zero attached hydrogens (tertiary/aromatic N) is 3. The van der Waals surface area contributed by atoms with Crippen molar-refractivity contribution in [3.8, 4) is 0 Å². The zero-order valence-corrected chi connectivity index (χ0v) is 9.34. The van der Waals surface area contributed by atoms with E-state index in [1.54, 1.807) is 11.1 Å². The summed E-state index contributed by atoms with van der Waals surface area (Å²) in [5, 5.41) is 0. The van der Waals surface area contributed by atoms with Crippen molar-refractivity contribution in [1.29, 1.82) is 0 Å². The maximum Gasteiger partial charge on any atom is 0.274 e. The van der Waals surface area contributed by atoms with Crippen LogP contribution in [0.5, 0.6) is 0 Å². The highest BCUT2D eigenvalue weighted by atomic mass is 16.2. The van der Waals surface area contributed by atoms with Gasteiger partial charge < -0.3 is 10.6 Å². The summed E-state index contributed by atoms with van der Waals surface area (Å²) in [6.45, 7) is 3.48. The highest BCUT2D eigenvalue weighted by Crippen LogP contribution is 2.16.